The second kappa shape index (κ2) is 9.35. The number of carbonyl (C=O) groups excluding carboxylic acids is 1. The fraction of sp³-hybridized carbons (Fsp3) is 0.333. The van der Waals surface area contributed by atoms with Crippen molar-refractivity contribution >= 4 is 33.3 Å². The molecule has 2 aromatic heterocycles. The van der Waals surface area contributed by atoms with Crippen molar-refractivity contribution in [3.63, 3.8) is 0 Å². The van der Waals surface area contributed by atoms with Gasteiger partial charge < -0.3 is 5.32 Å². The van der Waals surface area contributed by atoms with Crippen LogP contribution in [0.5, 0.6) is 0 Å². The summed E-state index contributed by atoms with van der Waals surface area (Å²) in [4.78, 5) is 21.8. The van der Waals surface area contributed by atoms with Crippen molar-refractivity contribution in [3.05, 3.63) is 58.0 Å². The Morgan fingerprint density at radius 1 is 1.03 bits per heavy atom. The number of halogens is 1. The number of sulfonamides is 1. The highest BCUT2D eigenvalue weighted by molar-refractivity contribution is 7.89. The Kier molecular flexibility index (Phi) is 6.97. The predicted molar refractivity (Wildman–Crippen MR) is 123 cm³/mol. The van der Waals surface area contributed by atoms with E-state index in [0.29, 0.717) is 30.5 Å². The van der Waals surface area contributed by atoms with E-state index in [-0.39, 0.29) is 15.5 Å². The van der Waals surface area contributed by atoms with Crippen LogP contribution in [-0.2, 0) is 10.0 Å². The molecule has 0 radical (unpaired) electrons. The monoisotopic (exact) mass is 476 g/mol. The van der Waals surface area contributed by atoms with E-state index in [0.717, 1.165) is 11.4 Å². The Bertz CT molecular complexity index is 1250. The summed E-state index contributed by atoms with van der Waals surface area (Å²) in [5.41, 5.74) is 2.20. The summed E-state index contributed by atoms with van der Waals surface area (Å²) in [7, 11) is -3.75. The maximum atomic E-state index is 13.1. The van der Waals surface area contributed by atoms with E-state index in [2.05, 4.69) is 20.4 Å². The van der Waals surface area contributed by atoms with Gasteiger partial charge in [0, 0.05) is 30.5 Å². The molecule has 3 aromatic rings. The van der Waals surface area contributed by atoms with E-state index in [9.17, 15) is 13.2 Å². The van der Waals surface area contributed by atoms with Crippen LogP contribution in [0.4, 0.5) is 5.82 Å². The van der Waals surface area contributed by atoms with Crippen LogP contribution >= 0.6 is 11.6 Å². The summed E-state index contributed by atoms with van der Waals surface area (Å²) in [6.45, 7) is 9.60. The van der Waals surface area contributed by atoms with Gasteiger partial charge in [-0.3, -0.25) is 4.79 Å². The highest BCUT2D eigenvalue weighted by Crippen LogP contribution is 2.25. The summed E-state index contributed by atoms with van der Waals surface area (Å²) in [5.74, 6) is 0.0811. The van der Waals surface area contributed by atoms with Crippen LogP contribution in [-0.4, -0.2) is 51.5 Å². The predicted octanol–water partition coefficient (Wildman–Crippen LogP) is 3.52. The quantitative estimate of drug-likeness (QED) is 0.558. The highest BCUT2D eigenvalue weighted by Gasteiger charge is 2.24. The number of benzene rings is 1. The largest absolute Gasteiger partial charge is 0.306 e. The van der Waals surface area contributed by atoms with Gasteiger partial charge in [-0.1, -0.05) is 25.4 Å². The molecule has 9 nitrogen and oxygen atoms in total. The van der Waals surface area contributed by atoms with E-state index >= 15 is 0 Å². The minimum absolute atomic E-state index is 0.00178. The number of hydrogen-bond donors (Lipinski definition) is 1. The lowest BCUT2D eigenvalue weighted by molar-refractivity contribution is 0.102. The number of aromatic nitrogens is 4. The van der Waals surface area contributed by atoms with Gasteiger partial charge in [-0.05, 0) is 45.0 Å². The summed E-state index contributed by atoms with van der Waals surface area (Å²) >= 11 is 6.24. The lowest BCUT2D eigenvalue weighted by Crippen LogP contribution is -2.30. The number of rotatable bonds is 7. The van der Waals surface area contributed by atoms with Gasteiger partial charge >= 0.3 is 0 Å². The second-order valence-corrected chi connectivity index (χ2v) is 9.56. The highest BCUT2D eigenvalue weighted by atomic mass is 35.5. The van der Waals surface area contributed by atoms with Gasteiger partial charge in [0.05, 0.1) is 21.2 Å². The summed E-state index contributed by atoms with van der Waals surface area (Å²) in [6, 6.07) is 7.59. The minimum Gasteiger partial charge on any atom is -0.306 e. The standard InChI is InChI=1S/C21H25ClN6O3S/c1-6-27(7-2)32(30,31)16-8-9-18(22)17(12-16)20(29)25-19-11-15(5)26-28(19)21-23-13(3)10-14(4)24-21/h8-12H,6-7H2,1-5H3,(H,25,29). The van der Waals surface area contributed by atoms with Crippen molar-refractivity contribution in [1.29, 1.82) is 0 Å². The molecule has 0 fully saturated rings. The Balaban J connectivity index is 1.99. The van der Waals surface area contributed by atoms with Crippen molar-refractivity contribution in [1.82, 2.24) is 24.1 Å². The first-order valence-corrected chi connectivity index (χ1v) is 11.9. The van der Waals surface area contributed by atoms with Crippen LogP contribution in [0.25, 0.3) is 5.95 Å². The zero-order valence-electron chi connectivity index (χ0n) is 18.5. The van der Waals surface area contributed by atoms with Crippen molar-refractivity contribution < 1.29 is 13.2 Å². The number of aryl methyl sites for hydroxylation is 3. The second-order valence-electron chi connectivity index (χ2n) is 7.22. The zero-order valence-corrected chi connectivity index (χ0v) is 20.1. The third-order valence-electron chi connectivity index (χ3n) is 4.76. The van der Waals surface area contributed by atoms with E-state index in [1.54, 1.807) is 26.8 Å². The summed E-state index contributed by atoms with van der Waals surface area (Å²) < 4.78 is 28.5. The van der Waals surface area contributed by atoms with Crippen molar-refractivity contribution in [2.75, 3.05) is 18.4 Å². The van der Waals surface area contributed by atoms with Gasteiger partial charge in [-0.2, -0.15) is 14.1 Å². The number of amides is 1. The van der Waals surface area contributed by atoms with Crippen molar-refractivity contribution in [2.45, 2.75) is 39.5 Å². The van der Waals surface area contributed by atoms with E-state index in [4.69, 9.17) is 11.6 Å². The fourth-order valence-corrected chi connectivity index (χ4v) is 4.97. The van der Waals surface area contributed by atoms with Crippen LogP contribution < -0.4 is 5.32 Å². The van der Waals surface area contributed by atoms with Crippen LogP contribution in [0.2, 0.25) is 5.02 Å². The smallest absolute Gasteiger partial charge is 0.258 e. The van der Waals surface area contributed by atoms with Crippen molar-refractivity contribution in [3.8, 4) is 5.95 Å². The number of anilines is 1. The number of nitrogens with zero attached hydrogens (tertiary/aromatic N) is 5. The summed E-state index contributed by atoms with van der Waals surface area (Å²) in [6.07, 6.45) is 0. The fourth-order valence-electron chi connectivity index (χ4n) is 3.28. The number of nitrogens with one attached hydrogen (secondary N) is 1. The van der Waals surface area contributed by atoms with E-state index < -0.39 is 15.9 Å². The molecule has 1 N–H and O–H groups in total. The molecule has 0 spiro atoms. The molecule has 0 aliphatic carbocycles. The first-order valence-electron chi connectivity index (χ1n) is 10.1. The van der Waals surface area contributed by atoms with Crippen molar-refractivity contribution in [2.24, 2.45) is 0 Å². The molecule has 1 amide bonds. The molecular formula is C21H25ClN6O3S. The molecule has 3 rings (SSSR count). The SMILES string of the molecule is CCN(CC)S(=O)(=O)c1ccc(Cl)c(C(=O)Nc2cc(C)nn2-c2nc(C)cc(C)n2)c1. The van der Waals surface area contributed by atoms with Gasteiger partial charge in [0.2, 0.25) is 10.0 Å². The maximum Gasteiger partial charge on any atom is 0.258 e. The summed E-state index contributed by atoms with van der Waals surface area (Å²) in [5, 5.41) is 7.26. The van der Waals surface area contributed by atoms with Crippen LogP contribution in [0.15, 0.2) is 35.2 Å². The number of carbonyl (C=O) groups is 1. The molecule has 2 heterocycles. The van der Waals surface area contributed by atoms with Gasteiger partial charge in [0.1, 0.15) is 5.82 Å². The lowest BCUT2D eigenvalue weighted by Gasteiger charge is -2.19. The Morgan fingerprint density at radius 2 is 1.66 bits per heavy atom. The zero-order chi connectivity index (χ0) is 23.6. The molecule has 170 valence electrons. The first kappa shape index (κ1) is 23.8. The lowest BCUT2D eigenvalue weighted by atomic mass is 10.2. The van der Waals surface area contributed by atoms with Gasteiger partial charge in [-0.25, -0.2) is 18.4 Å². The van der Waals surface area contributed by atoms with Crippen LogP contribution in [0.3, 0.4) is 0 Å². The first-order chi connectivity index (χ1) is 15.1. The van der Waals surface area contributed by atoms with E-state index in [1.807, 2.05) is 19.9 Å². The van der Waals surface area contributed by atoms with E-state index in [1.165, 1.54) is 27.2 Å². The van der Waals surface area contributed by atoms with Gasteiger partial charge in [0.25, 0.3) is 11.9 Å². The average molecular weight is 477 g/mol. The Hall–Kier alpha value is -2.82. The molecule has 1 aromatic carbocycles. The maximum absolute atomic E-state index is 13.1. The molecule has 0 saturated carbocycles. The van der Waals surface area contributed by atoms with Gasteiger partial charge in [0.15, 0.2) is 0 Å². The normalized spacial score (nSPS) is 11.7. The molecule has 0 aliphatic heterocycles. The Labute approximate surface area is 192 Å². The molecular weight excluding hydrogens is 452 g/mol. The molecule has 0 unspecified atom stereocenters. The molecule has 32 heavy (non-hydrogen) atoms. The molecule has 0 atom stereocenters. The molecule has 11 heteroatoms. The molecule has 0 aliphatic rings. The average Bonchev–Trinajstić information content (AvgIpc) is 3.08. The molecule has 0 bridgehead atoms. The minimum atomic E-state index is -3.75. The Morgan fingerprint density at radius 3 is 2.25 bits per heavy atom. The van der Waals surface area contributed by atoms with Crippen LogP contribution in [0, 0.1) is 20.8 Å². The van der Waals surface area contributed by atoms with Crippen LogP contribution in [0.1, 0.15) is 41.3 Å². The molecule has 0 saturated heterocycles. The topological polar surface area (TPSA) is 110 Å². The number of hydrogen-bond acceptors (Lipinski definition) is 6. The third kappa shape index (κ3) is 4.82. The third-order valence-corrected chi connectivity index (χ3v) is 7.13. The van der Waals surface area contributed by atoms with Gasteiger partial charge in [-0.15, -0.1) is 0 Å².